The van der Waals surface area contributed by atoms with Gasteiger partial charge < -0.3 is 4.57 Å². The summed E-state index contributed by atoms with van der Waals surface area (Å²) in [5.74, 6) is 1.38. The zero-order valence-electron chi connectivity index (χ0n) is 10.1. The molecule has 92 valence electrons. The molecule has 0 aliphatic carbocycles. The number of imidazole rings is 1. The summed E-state index contributed by atoms with van der Waals surface area (Å²) in [5, 5.41) is 2.10. The van der Waals surface area contributed by atoms with Crippen LogP contribution in [0, 0.1) is 6.92 Å². The summed E-state index contributed by atoms with van der Waals surface area (Å²) in [4.78, 5) is 5.93. The van der Waals surface area contributed by atoms with Gasteiger partial charge in [0, 0.05) is 4.88 Å². The van der Waals surface area contributed by atoms with E-state index in [-0.39, 0.29) is 0 Å². The Morgan fingerprint density at radius 3 is 2.89 bits per heavy atom. The summed E-state index contributed by atoms with van der Waals surface area (Å²) in [6, 6.07) is 10.4. The molecule has 0 fully saturated rings. The molecule has 2 aromatic heterocycles. The first-order valence-electron chi connectivity index (χ1n) is 5.82. The minimum Gasteiger partial charge on any atom is -0.321 e. The van der Waals surface area contributed by atoms with Crippen molar-refractivity contribution in [3.63, 3.8) is 0 Å². The molecule has 0 amide bonds. The van der Waals surface area contributed by atoms with Crippen molar-refractivity contribution in [3.05, 3.63) is 52.0 Å². The number of alkyl halides is 1. The Morgan fingerprint density at radius 2 is 2.17 bits per heavy atom. The minimum absolute atomic E-state index is 0.444. The van der Waals surface area contributed by atoms with Gasteiger partial charge in [-0.3, -0.25) is 0 Å². The maximum absolute atomic E-state index is 6.02. The van der Waals surface area contributed by atoms with Gasteiger partial charge in [0.05, 0.1) is 23.5 Å². The Bertz CT molecular complexity index is 670. The zero-order chi connectivity index (χ0) is 12.5. The molecule has 0 unspecified atom stereocenters. The van der Waals surface area contributed by atoms with Crippen molar-refractivity contribution in [2.45, 2.75) is 19.3 Å². The van der Waals surface area contributed by atoms with E-state index in [0.29, 0.717) is 5.88 Å². The van der Waals surface area contributed by atoms with Gasteiger partial charge in [-0.25, -0.2) is 4.98 Å². The number of fused-ring (bicyclic) bond motifs is 1. The molecule has 3 aromatic rings. The maximum Gasteiger partial charge on any atom is 0.125 e. The quantitative estimate of drug-likeness (QED) is 0.656. The van der Waals surface area contributed by atoms with Crippen molar-refractivity contribution in [2.24, 2.45) is 0 Å². The largest absolute Gasteiger partial charge is 0.321 e. The van der Waals surface area contributed by atoms with Crippen molar-refractivity contribution in [3.8, 4) is 0 Å². The van der Waals surface area contributed by atoms with E-state index in [2.05, 4.69) is 40.1 Å². The van der Waals surface area contributed by atoms with Gasteiger partial charge >= 0.3 is 0 Å². The molecule has 3 rings (SSSR count). The molecule has 0 saturated carbocycles. The Morgan fingerprint density at radius 1 is 1.28 bits per heavy atom. The van der Waals surface area contributed by atoms with Crippen molar-refractivity contribution in [2.75, 3.05) is 0 Å². The van der Waals surface area contributed by atoms with Gasteiger partial charge in [0.25, 0.3) is 0 Å². The number of aryl methyl sites for hydroxylation is 1. The predicted molar refractivity (Wildman–Crippen MR) is 77.4 cm³/mol. The smallest absolute Gasteiger partial charge is 0.125 e. The molecular formula is C14H13ClN2S. The summed E-state index contributed by atoms with van der Waals surface area (Å²) < 4.78 is 2.23. The van der Waals surface area contributed by atoms with Crippen LogP contribution in [0.5, 0.6) is 0 Å². The number of benzene rings is 1. The number of para-hydroxylation sites is 1. The fourth-order valence-corrected chi connectivity index (χ4v) is 3.14. The average molecular weight is 277 g/mol. The van der Waals surface area contributed by atoms with Crippen LogP contribution in [0.25, 0.3) is 11.0 Å². The average Bonchev–Trinajstić information content (AvgIpc) is 2.98. The van der Waals surface area contributed by atoms with Crippen LogP contribution in [0.15, 0.2) is 35.7 Å². The van der Waals surface area contributed by atoms with Crippen LogP contribution in [-0.4, -0.2) is 9.55 Å². The summed E-state index contributed by atoms with van der Waals surface area (Å²) >= 11 is 7.78. The van der Waals surface area contributed by atoms with Gasteiger partial charge in [-0.15, -0.1) is 22.9 Å². The topological polar surface area (TPSA) is 17.8 Å². The van der Waals surface area contributed by atoms with Crippen LogP contribution in [0.4, 0.5) is 0 Å². The SMILES string of the molecule is Cc1cccc2nc(CCl)n(Cc3cccs3)c12. The van der Waals surface area contributed by atoms with Gasteiger partial charge in [0.2, 0.25) is 0 Å². The lowest BCUT2D eigenvalue weighted by atomic mass is 10.2. The van der Waals surface area contributed by atoms with E-state index in [9.17, 15) is 0 Å². The van der Waals surface area contributed by atoms with Gasteiger partial charge in [0.15, 0.2) is 0 Å². The second-order valence-electron chi connectivity index (χ2n) is 4.27. The molecule has 2 heterocycles. The molecule has 0 aliphatic heterocycles. The molecule has 0 aliphatic rings. The summed E-state index contributed by atoms with van der Waals surface area (Å²) in [7, 11) is 0. The van der Waals surface area contributed by atoms with Crippen molar-refractivity contribution < 1.29 is 0 Å². The van der Waals surface area contributed by atoms with Crippen LogP contribution in [0.3, 0.4) is 0 Å². The summed E-state index contributed by atoms with van der Waals surface area (Å²) in [6.45, 7) is 2.97. The van der Waals surface area contributed by atoms with Crippen molar-refractivity contribution in [1.82, 2.24) is 9.55 Å². The molecule has 0 atom stereocenters. The van der Waals surface area contributed by atoms with E-state index < -0.39 is 0 Å². The molecule has 18 heavy (non-hydrogen) atoms. The highest BCUT2D eigenvalue weighted by molar-refractivity contribution is 7.09. The number of aromatic nitrogens is 2. The maximum atomic E-state index is 6.02. The highest BCUT2D eigenvalue weighted by Gasteiger charge is 2.12. The second kappa shape index (κ2) is 4.75. The molecule has 1 aromatic carbocycles. The van der Waals surface area contributed by atoms with E-state index in [4.69, 9.17) is 11.6 Å². The van der Waals surface area contributed by atoms with Crippen LogP contribution in [-0.2, 0) is 12.4 Å². The fraction of sp³-hybridized carbons (Fsp3) is 0.214. The third-order valence-corrected chi connectivity index (χ3v) is 4.16. The van der Waals surface area contributed by atoms with Crippen LogP contribution >= 0.6 is 22.9 Å². The second-order valence-corrected chi connectivity index (χ2v) is 5.57. The molecule has 4 heteroatoms. The number of halogens is 1. The fourth-order valence-electron chi connectivity index (χ4n) is 2.24. The molecular weight excluding hydrogens is 264 g/mol. The highest BCUT2D eigenvalue weighted by atomic mass is 35.5. The first-order valence-corrected chi connectivity index (χ1v) is 7.24. The molecule has 0 saturated heterocycles. The van der Waals surface area contributed by atoms with Crippen LogP contribution < -0.4 is 0 Å². The standard InChI is InChI=1S/C14H13ClN2S/c1-10-4-2-6-12-14(10)17(13(8-15)16-12)9-11-5-3-7-18-11/h2-7H,8-9H2,1H3. The van der Waals surface area contributed by atoms with Gasteiger partial charge in [-0.05, 0) is 30.0 Å². The number of hydrogen-bond acceptors (Lipinski definition) is 2. The number of rotatable bonds is 3. The monoisotopic (exact) mass is 276 g/mol. The van der Waals surface area contributed by atoms with Crippen molar-refractivity contribution >= 4 is 34.0 Å². The number of nitrogens with zero attached hydrogens (tertiary/aromatic N) is 2. The van der Waals surface area contributed by atoms with E-state index in [1.165, 1.54) is 16.0 Å². The predicted octanol–water partition coefficient (Wildman–Crippen LogP) is 4.19. The molecule has 0 bridgehead atoms. The van der Waals surface area contributed by atoms with Crippen molar-refractivity contribution in [1.29, 1.82) is 0 Å². The zero-order valence-corrected chi connectivity index (χ0v) is 11.6. The lowest BCUT2D eigenvalue weighted by molar-refractivity contribution is 0.787. The number of hydrogen-bond donors (Lipinski definition) is 0. The normalized spacial score (nSPS) is 11.2. The van der Waals surface area contributed by atoms with Gasteiger partial charge in [-0.1, -0.05) is 18.2 Å². The van der Waals surface area contributed by atoms with Gasteiger partial charge in [-0.2, -0.15) is 0 Å². The third kappa shape index (κ3) is 1.93. The minimum atomic E-state index is 0.444. The summed E-state index contributed by atoms with van der Waals surface area (Å²) in [5.41, 5.74) is 3.47. The van der Waals surface area contributed by atoms with E-state index in [1.807, 2.05) is 12.1 Å². The lowest BCUT2D eigenvalue weighted by Crippen LogP contribution is -2.03. The van der Waals surface area contributed by atoms with Crippen LogP contribution in [0.2, 0.25) is 0 Å². The number of thiophene rings is 1. The highest BCUT2D eigenvalue weighted by Crippen LogP contribution is 2.23. The Labute approximate surface area is 115 Å². The summed E-state index contributed by atoms with van der Waals surface area (Å²) in [6.07, 6.45) is 0. The molecule has 0 N–H and O–H groups in total. The molecule has 0 spiro atoms. The van der Waals surface area contributed by atoms with E-state index in [0.717, 1.165) is 17.9 Å². The first kappa shape index (κ1) is 11.8. The Balaban J connectivity index is 2.19. The Kier molecular flexibility index (Phi) is 3.10. The first-order chi connectivity index (χ1) is 8.79. The van der Waals surface area contributed by atoms with Crippen LogP contribution in [0.1, 0.15) is 16.3 Å². The lowest BCUT2D eigenvalue weighted by Gasteiger charge is -2.07. The van der Waals surface area contributed by atoms with E-state index in [1.54, 1.807) is 11.3 Å². The van der Waals surface area contributed by atoms with E-state index >= 15 is 0 Å². The molecule has 0 radical (unpaired) electrons. The van der Waals surface area contributed by atoms with Gasteiger partial charge in [0.1, 0.15) is 5.82 Å². The third-order valence-electron chi connectivity index (χ3n) is 3.06. The molecule has 2 nitrogen and oxygen atoms in total. The Hall–Kier alpha value is -1.32.